The average Bonchev–Trinajstić information content (AvgIpc) is 2.71. The number of rotatable bonds is 10. The minimum Gasteiger partial charge on any atom is -0.484 e. The van der Waals surface area contributed by atoms with Gasteiger partial charge in [-0.2, -0.15) is 0 Å². The second kappa shape index (κ2) is 10.3. The maximum Gasteiger partial charge on any atom is 0.257 e. The van der Waals surface area contributed by atoms with Crippen LogP contribution in [0, 0.1) is 5.41 Å². The molecule has 0 aliphatic heterocycles. The zero-order valence-corrected chi connectivity index (χ0v) is 18.6. The molecule has 1 unspecified atom stereocenters. The first kappa shape index (κ1) is 24.2. The fourth-order valence-electron chi connectivity index (χ4n) is 2.81. The molecular formula is C24H27ClFN3O2. The van der Waals surface area contributed by atoms with Gasteiger partial charge in [-0.3, -0.25) is 4.79 Å². The van der Waals surface area contributed by atoms with Gasteiger partial charge in [-0.25, -0.2) is 4.39 Å². The van der Waals surface area contributed by atoms with Crippen molar-refractivity contribution in [3.63, 3.8) is 0 Å². The number of benzene rings is 2. The summed E-state index contributed by atoms with van der Waals surface area (Å²) in [5.74, 6) is -0.267. The fourth-order valence-corrected chi connectivity index (χ4v) is 3.01. The van der Waals surface area contributed by atoms with Gasteiger partial charge in [0, 0.05) is 28.2 Å². The first-order chi connectivity index (χ1) is 14.5. The lowest BCUT2D eigenvalue weighted by molar-refractivity contribution is -0.132. The summed E-state index contributed by atoms with van der Waals surface area (Å²) < 4.78 is 20.2. The van der Waals surface area contributed by atoms with Gasteiger partial charge in [0.1, 0.15) is 11.9 Å². The van der Waals surface area contributed by atoms with Gasteiger partial charge in [0.2, 0.25) is 0 Å². The summed E-state index contributed by atoms with van der Waals surface area (Å²) in [6.07, 6.45) is 2.12. The number of anilines is 1. The van der Waals surface area contributed by atoms with E-state index >= 15 is 0 Å². The Balaban J connectivity index is 2.37. The van der Waals surface area contributed by atoms with Crippen molar-refractivity contribution < 1.29 is 13.9 Å². The number of hydrogen-bond acceptors (Lipinski definition) is 4. The third-order valence-electron chi connectivity index (χ3n) is 4.51. The molecule has 0 heterocycles. The highest BCUT2D eigenvalue weighted by atomic mass is 35.5. The van der Waals surface area contributed by atoms with E-state index in [1.165, 1.54) is 20.1 Å². The Morgan fingerprint density at radius 3 is 2.58 bits per heavy atom. The summed E-state index contributed by atoms with van der Waals surface area (Å²) >= 11 is 6.15. The molecule has 2 aromatic carbocycles. The van der Waals surface area contributed by atoms with Gasteiger partial charge in [-0.15, -0.1) is 0 Å². The lowest BCUT2D eigenvalue weighted by atomic mass is 10.0. The number of amides is 1. The standard InChI is InChI=1S/C24H27ClFN3O2/c1-6-15(2)28-21-11-10-20(13-18(21)14-27)31-22(17-8-7-9-19(25)12-17)16(3)29-23(30)24(4,5)26/h6-14,16,22,27-28H,1-2H2,3-5H3,(H,29,30)/t16?,22-/m0/s1. The smallest absolute Gasteiger partial charge is 0.257 e. The topological polar surface area (TPSA) is 74.2 Å². The van der Waals surface area contributed by atoms with Crippen molar-refractivity contribution >= 4 is 29.4 Å². The molecule has 1 amide bonds. The number of carbonyl (C=O) groups is 1. The van der Waals surface area contributed by atoms with Gasteiger partial charge in [0.15, 0.2) is 5.67 Å². The predicted octanol–water partition coefficient (Wildman–Crippen LogP) is 5.82. The highest BCUT2D eigenvalue weighted by Gasteiger charge is 2.31. The van der Waals surface area contributed by atoms with E-state index in [0.29, 0.717) is 27.7 Å². The van der Waals surface area contributed by atoms with Gasteiger partial charge in [0.05, 0.1) is 6.04 Å². The Morgan fingerprint density at radius 2 is 2.00 bits per heavy atom. The summed E-state index contributed by atoms with van der Waals surface area (Å²) in [6.45, 7) is 11.6. The first-order valence-corrected chi connectivity index (χ1v) is 10.1. The number of halogens is 2. The molecule has 0 aliphatic carbocycles. The Labute approximate surface area is 187 Å². The van der Waals surface area contributed by atoms with E-state index in [1.54, 1.807) is 49.4 Å². The van der Waals surface area contributed by atoms with Crippen LogP contribution in [-0.2, 0) is 4.79 Å². The first-order valence-electron chi connectivity index (χ1n) is 9.70. The highest BCUT2D eigenvalue weighted by Crippen LogP contribution is 2.30. The van der Waals surface area contributed by atoms with Crippen molar-refractivity contribution in [2.24, 2.45) is 0 Å². The summed E-state index contributed by atoms with van der Waals surface area (Å²) in [6, 6.07) is 11.7. The van der Waals surface area contributed by atoms with E-state index in [0.717, 1.165) is 5.56 Å². The van der Waals surface area contributed by atoms with Gasteiger partial charge in [-0.1, -0.05) is 36.9 Å². The zero-order valence-electron chi connectivity index (χ0n) is 17.8. The van der Waals surface area contributed by atoms with Gasteiger partial charge >= 0.3 is 0 Å². The Morgan fingerprint density at radius 1 is 1.29 bits per heavy atom. The molecule has 0 saturated carbocycles. The van der Waals surface area contributed by atoms with Crippen molar-refractivity contribution in [3.8, 4) is 5.75 Å². The second-order valence-electron chi connectivity index (χ2n) is 7.58. The van der Waals surface area contributed by atoms with Crippen LogP contribution in [0.5, 0.6) is 5.75 Å². The van der Waals surface area contributed by atoms with Gasteiger partial charge in [-0.05, 0) is 62.7 Å². The molecular weight excluding hydrogens is 417 g/mol. The maximum absolute atomic E-state index is 14.1. The quantitative estimate of drug-likeness (QED) is 0.320. The maximum atomic E-state index is 14.1. The minimum absolute atomic E-state index is 0.471. The molecule has 31 heavy (non-hydrogen) atoms. The number of hydrogen-bond donors (Lipinski definition) is 3. The minimum atomic E-state index is -2.03. The number of nitrogens with one attached hydrogen (secondary N) is 3. The van der Waals surface area contributed by atoms with E-state index in [2.05, 4.69) is 23.8 Å². The molecule has 3 N–H and O–H groups in total. The molecule has 2 aromatic rings. The number of ether oxygens (including phenoxy) is 1. The fraction of sp³-hybridized carbons (Fsp3) is 0.250. The monoisotopic (exact) mass is 443 g/mol. The van der Waals surface area contributed by atoms with Crippen LogP contribution in [0.25, 0.3) is 0 Å². The predicted molar refractivity (Wildman–Crippen MR) is 125 cm³/mol. The van der Waals surface area contributed by atoms with Crippen molar-refractivity contribution in [3.05, 3.63) is 83.5 Å². The van der Waals surface area contributed by atoms with Crippen molar-refractivity contribution in [1.29, 1.82) is 5.41 Å². The molecule has 0 aromatic heterocycles. The molecule has 0 spiro atoms. The molecule has 2 atom stereocenters. The highest BCUT2D eigenvalue weighted by molar-refractivity contribution is 6.30. The summed E-state index contributed by atoms with van der Waals surface area (Å²) in [5.41, 5.74) is 0.537. The lowest BCUT2D eigenvalue weighted by Crippen LogP contribution is -2.46. The summed E-state index contributed by atoms with van der Waals surface area (Å²) in [5, 5.41) is 14.0. The normalized spacial score (nSPS) is 12.9. The Hall–Kier alpha value is -3.12. The third kappa shape index (κ3) is 6.69. The molecule has 0 fully saturated rings. The van der Waals surface area contributed by atoms with Crippen molar-refractivity contribution in [2.45, 2.75) is 38.6 Å². The van der Waals surface area contributed by atoms with E-state index in [4.69, 9.17) is 21.7 Å². The van der Waals surface area contributed by atoms with Crippen LogP contribution < -0.4 is 15.4 Å². The van der Waals surface area contributed by atoms with E-state index in [9.17, 15) is 9.18 Å². The van der Waals surface area contributed by atoms with Crippen LogP contribution >= 0.6 is 11.6 Å². The largest absolute Gasteiger partial charge is 0.484 e. The average molecular weight is 444 g/mol. The Bertz CT molecular complexity index is 985. The summed E-state index contributed by atoms with van der Waals surface area (Å²) in [4.78, 5) is 12.2. The second-order valence-corrected chi connectivity index (χ2v) is 8.01. The van der Waals surface area contributed by atoms with E-state index < -0.39 is 23.7 Å². The third-order valence-corrected chi connectivity index (χ3v) is 4.75. The van der Waals surface area contributed by atoms with Crippen LogP contribution in [0.4, 0.5) is 10.1 Å². The molecule has 5 nitrogen and oxygen atoms in total. The van der Waals surface area contributed by atoms with Crippen LogP contribution in [0.15, 0.2) is 67.4 Å². The molecule has 0 bridgehead atoms. The molecule has 0 radical (unpaired) electrons. The molecule has 0 saturated heterocycles. The number of allylic oxidation sites excluding steroid dienone is 1. The van der Waals surface area contributed by atoms with Gasteiger partial charge < -0.3 is 20.8 Å². The molecule has 164 valence electrons. The van der Waals surface area contributed by atoms with Crippen LogP contribution in [-0.4, -0.2) is 23.8 Å². The van der Waals surface area contributed by atoms with Crippen molar-refractivity contribution in [1.82, 2.24) is 5.32 Å². The SMILES string of the molecule is C=CC(=C)Nc1ccc(O[C@H](c2cccc(Cl)c2)C(C)NC(=O)C(C)(C)F)cc1C=N. The molecule has 7 heteroatoms. The van der Waals surface area contributed by atoms with Crippen LogP contribution in [0.2, 0.25) is 5.02 Å². The number of carbonyl (C=O) groups excluding carboxylic acids is 1. The van der Waals surface area contributed by atoms with E-state index in [1.807, 2.05) is 6.07 Å². The Kier molecular flexibility index (Phi) is 8.00. The van der Waals surface area contributed by atoms with Crippen LogP contribution in [0.1, 0.15) is 38.0 Å². The van der Waals surface area contributed by atoms with Gasteiger partial charge in [0.25, 0.3) is 5.91 Å². The zero-order chi connectivity index (χ0) is 23.2. The lowest BCUT2D eigenvalue weighted by Gasteiger charge is -2.28. The molecule has 0 aliphatic rings. The van der Waals surface area contributed by atoms with E-state index in [-0.39, 0.29) is 0 Å². The van der Waals surface area contributed by atoms with Crippen molar-refractivity contribution in [2.75, 3.05) is 5.32 Å². The van der Waals surface area contributed by atoms with Crippen LogP contribution in [0.3, 0.4) is 0 Å². The summed E-state index contributed by atoms with van der Waals surface area (Å²) in [7, 11) is 0. The number of alkyl halides is 1. The molecule has 2 rings (SSSR count).